The van der Waals surface area contributed by atoms with E-state index in [2.05, 4.69) is 16.8 Å². The van der Waals surface area contributed by atoms with Crippen LogP contribution in [0.1, 0.15) is 29.9 Å². The lowest BCUT2D eigenvalue weighted by atomic mass is 9.93. The summed E-state index contributed by atoms with van der Waals surface area (Å²) in [6, 6.07) is 17.8. The van der Waals surface area contributed by atoms with Crippen LogP contribution in [-0.2, 0) is 9.53 Å². The molecule has 2 aromatic carbocycles. The van der Waals surface area contributed by atoms with Crippen molar-refractivity contribution in [1.82, 2.24) is 9.47 Å². The lowest BCUT2D eigenvalue weighted by molar-refractivity contribution is -0.138. The average molecular weight is 615 g/mol. The Hall–Kier alpha value is -4.61. The van der Waals surface area contributed by atoms with Gasteiger partial charge in [0.05, 0.1) is 42.7 Å². The SMILES string of the molecule is CCOC(=O)C1=C(c2ccccc2)N=c2s/c(=C\c3ccc(N4CCN(C)CC4)o3)c(=O)n2[C@H]1c1ccc(OC)c(OC)c1. The van der Waals surface area contributed by atoms with E-state index in [4.69, 9.17) is 23.6 Å². The third-order valence-corrected chi connectivity index (χ3v) is 8.78. The van der Waals surface area contributed by atoms with Crippen molar-refractivity contribution < 1.29 is 23.4 Å². The number of aromatic nitrogens is 1. The molecule has 0 amide bonds. The number of benzene rings is 2. The smallest absolute Gasteiger partial charge is 0.338 e. The molecule has 10 nitrogen and oxygen atoms in total. The summed E-state index contributed by atoms with van der Waals surface area (Å²) in [6.45, 7) is 5.57. The van der Waals surface area contributed by atoms with Crippen LogP contribution in [0.25, 0.3) is 11.8 Å². The van der Waals surface area contributed by atoms with Gasteiger partial charge in [0, 0.05) is 43.9 Å². The van der Waals surface area contributed by atoms with Crippen LogP contribution in [0.4, 0.5) is 5.88 Å². The summed E-state index contributed by atoms with van der Waals surface area (Å²) < 4.78 is 24.8. The van der Waals surface area contributed by atoms with E-state index in [-0.39, 0.29) is 17.7 Å². The molecule has 11 heteroatoms. The molecule has 0 N–H and O–H groups in total. The normalized spacial score (nSPS) is 17.3. The number of piperazine rings is 1. The number of carbonyl (C=O) groups is 1. The minimum Gasteiger partial charge on any atom is -0.493 e. The highest BCUT2D eigenvalue weighted by atomic mass is 32.1. The monoisotopic (exact) mass is 614 g/mol. The number of fused-ring (bicyclic) bond motifs is 1. The third kappa shape index (κ3) is 5.56. The van der Waals surface area contributed by atoms with Crippen molar-refractivity contribution in [3.63, 3.8) is 0 Å². The lowest BCUT2D eigenvalue weighted by Gasteiger charge is -2.32. The Balaban J connectivity index is 1.54. The molecule has 0 spiro atoms. The van der Waals surface area contributed by atoms with Crippen molar-refractivity contribution in [2.45, 2.75) is 13.0 Å². The van der Waals surface area contributed by atoms with Gasteiger partial charge in [-0.25, -0.2) is 9.79 Å². The fraction of sp³-hybridized carbons (Fsp3) is 0.303. The lowest BCUT2D eigenvalue weighted by Crippen LogP contribution is -2.44. The van der Waals surface area contributed by atoms with Gasteiger partial charge in [-0.05, 0) is 37.7 Å². The Labute approximate surface area is 258 Å². The predicted molar refractivity (Wildman–Crippen MR) is 169 cm³/mol. The number of esters is 1. The molecule has 44 heavy (non-hydrogen) atoms. The van der Waals surface area contributed by atoms with Gasteiger partial charge in [-0.15, -0.1) is 0 Å². The molecule has 4 aromatic rings. The van der Waals surface area contributed by atoms with Gasteiger partial charge in [0.15, 0.2) is 22.2 Å². The molecule has 0 bridgehead atoms. The molecule has 4 heterocycles. The van der Waals surface area contributed by atoms with Crippen LogP contribution in [0.3, 0.4) is 0 Å². The average Bonchev–Trinajstić information content (AvgIpc) is 3.64. The Morgan fingerprint density at radius 3 is 2.48 bits per heavy atom. The van der Waals surface area contributed by atoms with E-state index in [1.807, 2.05) is 48.5 Å². The van der Waals surface area contributed by atoms with Gasteiger partial charge in [0.2, 0.25) is 0 Å². The summed E-state index contributed by atoms with van der Waals surface area (Å²) in [5.41, 5.74) is 1.81. The van der Waals surface area contributed by atoms with Crippen LogP contribution in [0.15, 0.2) is 80.4 Å². The number of methoxy groups -OCH3 is 2. The minimum absolute atomic E-state index is 0.168. The number of nitrogens with zero attached hydrogens (tertiary/aromatic N) is 4. The van der Waals surface area contributed by atoms with Crippen LogP contribution in [0.2, 0.25) is 0 Å². The van der Waals surface area contributed by atoms with Gasteiger partial charge in [0.1, 0.15) is 5.76 Å². The quantitative estimate of drug-likeness (QED) is 0.279. The molecule has 6 rings (SSSR count). The van der Waals surface area contributed by atoms with Crippen molar-refractivity contribution in [2.24, 2.45) is 4.99 Å². The molecule has 1 fully saturated rings. The molecule has 0 aliphatic carbocycles. The molecule has 228 valence electrons. The topological polar surface area (TPSA) is 98.7 Å². The van der Waals surface area contributed by atoms with Gasteiger partial charge >= 0.3 is 5.97 Å². The number of hydrogen-bond donors (Lipinski definition) is 0. The van der Waals surface area contributed by atoms with E-state index in [9.17, 15) is 9.59 Å². The molecule has 2 aliphatic rings. The predicted octanol–water partition coefficient (Wildman–Crippen LogP) is 3.30. The van der Waals surface area contributed by atoms with Crippen LogP contribution >= 0.6 is 11.3 Å². The molecule has 1 atom stereocenters. The number of thiazole rings is 1. The van der Waals surface area contributed by atoms with Gasteiger partial charge in [-0.3, -0.25) is 9.36 Å². The molecule has 1 saturated heterocycles. The van der Waals surface area contributed by atoms with Gasteiger partial charge in [0.25, 0.3) is 5.56 Å². The van der Waals surface area contributed by atoms with Crippen LogP contribution in [0, 0.1) is 0 Å². The summed E-state index contributed by atoms with van der Waals surface area (Å²) in [7, 11) is 5.21. The molecule has 0 radical (unpaired) electrons. The van der Waals surface area contributed by atoms with E-state index in [0.717, 1.165) is 37.6 Å². The maximum absolute atomic E-state index is 14.2. The zero-order chi connectivity index (χ0) is 30.8. The van der Waals surface area contributed by atoms with Crippen LogP contribution in [0.5, 0.6) is 11.5 Å². The Kier molecular flexibility index (Phi) is 8.40. The highest BCUT2D eigenvalue weighted by molar-refractivity contribution is 7.07. The molecular formula is C33H34N4O6S. The molecular weight excluding hydrogens is 580 g/mol. The number of likely N-dealkylation sites (N-methyl/N-ethyl adjacent to an activating group) is 1. The highest BCUT2D eigenvalue weighted by Gasteiger charge is 2.35. The summed E-state index contributed by atoms with van der Waals surface area (Å²) in [6.07, 6.45) is 1.74. The van der Waals surface area contributed by atoms with Crippen LogP contribution in [-0.4, -0.2) is 69.5 Å². The Morgan fingerprint density at radius 1 is 1.02 bits per heavy atom. The number of carbonyl (C=O) groups excluding carboxylic acids is 1. The molecule has 2 aliphatic heterocycles. The second kappa shape index (κ2) is 12.6. The minimum atomic E-state index is -0.833. The van der Waals surface area contributed by atoms with Crippen molar-refractivity contribution in [2.75, 3.05) is 59.0 Å². The number of hydrogen-bond acceptors (Lipinski definition) is 10. The zero-order valence-corrected chi connectivity index (χ0v) is 25.9. The first-order valence-electron chi connectivity index (χ1n) is 14.5. The zero-order valence-electron chi connectivity index (χ0n) is 25.1. The second-order valence-electron chi connectivity index (χ2n) is 10.5. The first kappa shape index (κ1) is 29.5. The molecule has 2 aromatic heterocycles. The fourth-order valence-electron chi connectivity index (χ4n) is 5.52. The van der Waals surface area contributed by atoms with E-state index in [0.29, 0.717) is 37.9 Å². The maximum Gasteiger partial charge on any atom is 0.338 e. The van der Waals surface area contributed by atoms with E-state index in [1.54, 1.807) is 43.9 Å². The van der Waals surface area contributed by atoms with Gasteiger partial charge in [-0.2, -0.15) is 0 Å². The standard InChI is InChI=1S/C33H34N4O6S/c1-5-42-32(39)28-29(21-9-7-6-8-10-21)34-33-37(30(28)22-11-13-24(40-3)25(19-22)41-4)31(38)26(44-33)20-23-12-14-27(43-23)36-17-15-35(2)16-18-36/h6-14,19-20,30H,5,15-18H2,1-4H3/b26-20-/t30-/m0/s1. The Morgan fingerprint density at radius 2 is 1.77 bits per heavy atom. The van der Waals surface area contributed by atoms with E-state index >= 15 is 0 Å². The first-order valence-corrected chi connectivity index (χ1v) is 15.3. The number of anilines is 1. The van der Waals surface area contributed by atoms with Gasteiger partial charge < -0.3 is 28.4 Å². The van der Waals surface area contributed by atoms with Crippen molar-refractivity contribution in [3.8, 4) is 11.5 Å². The summed E-state index contributed by atoms with van der Waals surface area (Å²) >= 11 is 1.25. The third-order valence-electron chi connectivity index (χ3n) is 7.80. The summed E-state index contributed by atoms with van der Waals surface area (Å²) in [4.78, 5) is 37.7. The van der Waals surface area contributed by atoms with Crippen molar-refractivity contribution in [3.05, 3.63) is 103 Å². The second-order valence-corrected chi connectivity index (χ2v) is 11.5. The van der Waals surface area contributed by atoms with Crippen molar-refractivity contribution in [1.29, 1.82) is 0 Å². The number of furan rings is 1. The molecule has 0 unspecified atom stereocenters. The maximum atomic E-state index is 14.2. The summed E-state index contributed by atoms with van der Waals surface area (Å²) in [5.74, 6) is 1.80. The highest BCUT2D eigenvalue weighted by Crippen LogP contribution is 2.38. The Bertz CT molecular complexity index is 1880. The number of ether oxygens (including phenoxy) is 3. The van der Waals surface area contributed by atoms with E-state index in [1.165, 1.54) is 11.3 Å². The summed E-state index contributed by atoms with van der Waals surface area (Å²) in [5, 5.41) is 0. The largest absolute Gasteiger partial charge is 0.493 e. The number of rotatable bonds is 8. The van der Waals surface area contributed by atoms with E-state index < -0.39 is 12.0 Å². The van der Waals surface area contributed by atoms with Gasteiger partial charge in [-0.1, -0.05) is 47.7 Å². The first-order chi connectivity index (χ1) is 21.4. The fourth-order valence-corrected chi connectivity index (χ4v) is 6.51. The molecule has 0 saturated carbocycles. The van der Waals surface area contributed by atoms with Crippen molar-refractivity contribution >= 4 is 35.0 Å². The van der Waals surface area contributed by atoms with Crippen LogP contribution < -0.4 is 29.3 Å².